The number of nitriles is 1. The van der Waals surface area contributed by atoms with Gasteiger partial charge >= 0.3 is 0 Å². The predicted molar refractivity (Wildman–Crippen MR) is 74.1 cm³/mol. The van der Waals surface area contributed by atoms with Crippen molar-refractivity contribution in [2.45, 2.75) is 0 Å². The Labute approximate surface area is 110 Å². The van der Waals surface area contributed by atoms with Crippen LogP contribution in [-0.4, -0.2) is 9.97 Å². The maximum Gasteiger partial charge on any atom is 0.141 e. The van der Waals surface area contributed by atoms with E-state index >= 15 is 0 Å². The van der Waals surface area contributed by atoms with E-state index in [4.69, 9.17) is 5.73 Å². The van der Waals surface area contributed by atoms with E-state index in [1.165, 1.54) is 0 Å². The van der Waals surface area contributed by atoms with Crippen molar-refractivity contribution in [3.8, 4) is 17.2 Å². The van der Waals surface area contributed by atoms with Crippen LogP contribution in [0.25, 0.3) is 22.0 Å². The summed E-state index contributed by atoms with van der Waals surface area (Å²) in [6.45, 7) is 0. The number of hydrogen-bond donors (Lipinski definition) is 1. The molecule has 19 heavy (non-hydrogen) atoms. The van der Waals surface area contributed by atoms with Crippen LogP contribution in [0.5, 0.6) is 0 Å². The van der Waals surface area contributed by atoms with Crippen molar-refractivity contribution in [2.24, 2.45) is 0 Å². The SMILES string of the molecule is N#Cc1c(-c2cnc3ccccc3c2)ccnc1N. The number of para-hydroxylation sites is 1. The largest absolute Gasteiger partial charge is 0.383 e. The summed E-state index contributed by atoms with van der Waals surface area (Å²) < 4.78 is 0. The van der Waals surface area contributed by atoms with Crippen LogP contribution in [0.4, 0.5) is 5.82 Å². The van der Waals surface area contributed by atoms with Gasteiger partial charge in [-0.3, -0.25) is 4.98 Å². The summed E-state index contributed by atoms with van der Waals surface area (Å²) in [5.41, 5.74) is 8.66. The summed E-state index contributed by atoms with van der Waals surface area (Å²) in [6.07, 6.45) is 3.35. The van der Waals surface area contributed by atoms with Crippen LogP contribution < -0.4 is 5.73 Å². The maximum atomic E-state index is 9.18. The molecule has 0 amide bonds. The molecule has 4 heteroatoms. The van der Waals surface area contributed by atoms with Gasteiger partial charge in [0.05, 0.1) is 5.52 Å². The molecule has 0 radical (unpaired) electrons. The van der Waals surface area contributed by atoms with Crippen molar-refractivity contribution in [1.82, 2.24) is 9.97 Å². The maximum absolute atomic E-state index is 9.18. The van der Waals surface area contributed by atoms with Gasteiger partial charge < -0.3 is 5.73 Å². The number of nitrogen functional groups attached to an aromatic ring is 1. The third kappa shape index (κ3) is 1.87. The van der Waals surface area contributed by atoms with Crippen molar-refractivity contribution in [1.29, 1.82) is 5.26 Å². The number of hydrogen-bond acceptors (Lipinski definition) is 4. The molecule has 0 aliphatic heterocycles. The topological polar surface area (TPSA) is 75.6 Å². The molecule has 1 aromatic carbocycles. The second-order valence-electron chi connectivity index (χ2n) is 4.15. The number of benzene rings is 1. The smallest absolute Gasteiger partial charge is 0.141 e. The van der Waals surface area contributed by atoms with Crippen molar-refractivity contribution in [3.63, 3.8) is 0 Å². The molecular weight excluding hydrogens is 236 g/mol. The van der Waals surface area contributed by atoms with Crippen LogP contribution in [-0.2, 0) is 0 Å². The van der Waals surface area contributed by atoms with Crippen molar-refractivity contribution in [2.75, 3.05) is 5.73 Å². The summed E-state index contributed by atoms with van der Waals surface area (Å²) in [7, 11) is 0. The minimum absolute atomic E-state index is 0.244. The van der Waals surface area contributed by atoms with Gasteiger partial charge in [0, 0.05) is 28.9 Å². The molecule has 2 N–H and O–H groups in total. The van der Waals surface area contributed by atoms with Gasteiger partial charge in [0.15, 0.2) is 0 Å². The zero-order valence-electron chi connectivity index (χ0n) is 10.0. The minimum atomic E-state index is 0.244. The van der Waals surface area contributed by atoms with Crippen molar-refractivity contribution < 1.29 is 0 Å². The third-order valence-electron chi connectivity index (χ3n) is 2.99. The standard InChI is InChI=1S/C15H10N4/c16-8-13-12(5-6-18-15(13)17)11-7-10-3-1-2-4-14(10)19-9-11/h1-7,9H,(H2,17,18). The predicted octanol–water partition coefficient (Wildman–Crippen LogP) is 2.75. The second kappa shape index (κ2) is 4.39. The average molecular weight is 246 g/mol. The summed E-state index contributed by atoms with van der Waals surface area (Å²) in [6, 6.07) is 13.7. The Hall–Kier alpha value is -2.93. The molecule has 0 unspecified atom stereocenters. The molecule has 0 aliphatic carbocycles. The number of nitrogens with two attached hydrogens (primary N) is 1. The van der Waals surface area contributed by atoms with Gasteiger partial charge in [0.25, 0.3) is 0 Å². The van der Waals surface area contributed by atoms with Gasteiger partial charge in [0.1, 0.15) is 17.5 Å². The van der Waals surface area contributed by atoms with E-state index in [-0.39, 0.29) is 5.82 Å². The van der Waals surface area contributed by atoms with Crippen LogP contribution in [0.15, 0.2) is 48.8 Å². The van der Waals surface area contributed by atoms with E-state index < -0.39 is 0 Å². The van der Waals surface area contributed by atoms with Gasteiger partial charge in [-0.1, -0.05) is 18.2 Å². The highest BCUT2D eigenvalue weighted by Crippen LogP contribution is 2.27. The lowest BCUT2D eigenvalue weighted by atomic mass is 10.0. The van der Waals surface area contributed by atoms with E-state index in [1.807, 2.05) is 30.3 Å². The highest BCUT2D eigenvalue weighted by Gasteiger charge is 2.09. The summed E-state index contributed by atoms with van der Waals surface area (Å²) in [5, 5.41) is 10.2. The molecule has 0 atom stereocenters. The first-order chi connectivity index (χ1) is 9.29. The molecule has 2 heterocycles. The molecule has 0 saturated heterocycles. The highest BCUT2D eigenvalue weighted by molar-refractivity contribution is 5.85. The Bertz CT molecular complexity index is 803. The third-order valence-corrected chi connectivity index (χ3v) is 2.99. The first-order valence-electron chi connectivity index (χ1n) is 5.79. The van der Waals surface area contributed by atoms with Gasteiger partial charge in [-0.15, -0.1) is 0 Å². The van der Waals surface area contributed by atoms with Crippen LogP contribution in [0.2, 0.25) is 0 Å². The van der Waals surface area contributed by atoms with E-state index in [1.54, 1.807) is 18.5 Å². The normalized spacial score (nSPS) is 10.3. The monoisotopic (exact) mass is 246 g/mol. The quantitative estimate of drug-likeness (QED) is 0.716. The van der Waals surface area contributed by atoms with Crippen molar-refractivity contribution in [3.05, 3.63) is 54.4 Å². The highest BCUT2D eigenvalue weighted by atomic mass is 14.8. The zero-order valence-corrected chi connectivity index (χ0v) is 10.0. The van der Waals surface area contributed by atoms with Gasteiger partial charge in [0.2, 0.25) is 0 Å². The molecule has 3 rings (SSSR count). The summed E-state index contributed by atoms with van der Waals surface area (Å²) >= 11 is 0. The Kier molecular flexibility index (Phi) is 2.58. The molecule has 0 saturated carbocycles. The van der Waals surface area contributed by atoms with Gasteiger partial charge in [-0.05, 0) is 18.2 Å². The molecule has 90 valence electrons. The van der Waals surface area contributed by atoms with E-state index in [0.29, 0.717) is 5.56 Å². The van der Waals surface area contributed by atoms with E-state index in [9.17, 15) is 5.26 Å². The van der Waals surface area contributed by atoms with Crippen molar-refractivity contribution >= 4 is 16.7 Å². The first kappa shape index (κ1) is 11.2. The van der Waals surface area contributed by atoms with Crippen LogP contribution in [0.1, 0.15) is 5.56 Å². The van der Waals surface area contributed by atoms with E-state index in [0.717, 1.165) is 22.0 Å². The number of fused-ring (bicyclic) bond motifs is 1. The average Bonchev–Trinajstić information content (AvgIpc) is 2.46. The fourth-order valence-corrected chi connectivity index (χ4v) is 2.05. The first-order valence-corrected chi connectivity index (χ1v) is 5.79. The summed E-state index contributed by atoms with van der Waals surface area (Å²) in [5.74, 6) is 0.244. The molecule has 0 aliphatic rings. The lowest BCUT2D eigenvalue weighted by Crippen LogP contribution is -1.96. The number of rotatable bonds is 1. The van der Waals surface area contributed by atoms with Crippen LogP contribution in [0.3, 0.4) is 0 Å². The van der Waals surface area contributed by atoms with Crippen LogP contribution >= 0.6 is 0 Å². The lowest BCUT2D eigenvalue weighted by molar-refractivity contribution is 1.30. The molecule has 0 fully saturated rings. The molecular formula is C15H10N4. The fourth-order valence-electron chi connectivity index (χ4n) is 2.05. The Balaban J connectivity index is 2.25. The Morgan fingerprint density at radius 3 is 2.79 bits per heavy atom. The molecule has 3 aromatic rings. The van der Waals surface area contributed by atoms with Gasteiger partial charge in [-0.25, -0.2) is 4.98 Å². The second-order valence-corrected chi connectivity index (χ2v) is 4.15. The molecule has 2 aromatic heterocycles. The molecule has 0 spiro atoms. The zero-order chi connectivity index (χ0) is 13.2. The number of aromatic nitrogens is 2. The molecule has 0 bridgehead atoms. The fraction of sp³-hybridized carbons (Fsp3) is 0. The van der Waals surface area contributed by atoms with Gasteiger partial charge in [-0.2, -0.15) is 5.26 Å². The molecule has 4 nitrogen and oxygen atoms in total. The van der Waals surface area contributed by atoms with Crippen LogP contribution in [0, 0.1) is 11.3 Å². The number of anilines is 1. The number of nitrogens with zero attached hydrogens (tertiary/aromatic N) is 3. The Morgan fingerprint density at radius 2 is 1.95 bits per heavy atom. The van der Waals surface area contributed by atoms with E-state index in [2.05, 4.69) is 16.0 Å². The minimum Gasteiger partial charge on any atom is -0.383 e. The number of pyridine rings is 2. The lowest BCUT2D eigenvalue weighted by Gasteiger charge is -2.06. The Morgan fingerprint density at radius 1 is 1.11 bits per heavy atom. The summed E-state index contributed by atoms with van der Waals surface area (Å²) in [4.78, 5) is 8.33.